The van der Waals surface area contributed by atoms with E-state index in [0.717, 1.165) is 12.8 Å². The van der Waals surface area contributed by atoms with Crippen LogP contribution in [0.2, 0.25) is 0 Å². The summed E-state index contributed by atoms with van der Waals surface area (Å²) < 4.78 is 5.66. The number of nitrogens with zero attached hydrogens (tertiary/aromatic N) is 1. The molecule has 5 heteroatoms. The van der Waals surface area contributed by atoms with Gasteiger partial charge in [0.25, 0.3) is 5.91 Å². The topological polar surface area (TPSA) is 66.8 Å². The first-order chi connectivity index (χ1) is 7.91. The first-order valence-corrected chi connectivity index (χ1v) is 6.01. The second kappa shape index (κ2) is 6.00. The van der Waals surface area contributed by atoms with E-state index in [2.05, 4.69) is 0 Å². The molecule has 1 fully saturated rings. The van der Waals surface area contributed by atoms with Crippen LogP contribution >= 0.6 is 0 Å². The number of hydrogen-bond acceptors (Lipinski definition) is 3. The van der Waals surface area contributed by atoms with Crippen LogP contribution in [0.1, 0.15) is 32.6 Å². The van der Waals surface area contributed by atoms with Gasteiger partial charge in [-0.15, -0.1) is 0 Å². The highest BCUT2D eigenvalue weighted by Crippen LogP contribution is 2.27. The standard InChI is InChI=1S/C12H21NO4/c1-8(11(14)13(2)3)17-10-6-4-9(5-7-10)12(15)16/h8-10H,4-7H2,1-3H3,(H,15,16). The van der Waals surface area contributed by atoms with Crippen LogP contribution in [-0.4, -0.2) is 48.2 Å². The second-order valence-corrected chi connectivity index (χ2v) is 4.82. The molecule has 1 aliphatic carbocycles. The molecule has 1 aliphatic rings. The van der Waals surface area contributed by atoms with Gasteiger partial charge in [0.05, 0.1) is 12.0 Å². The van der Waals surface area contributed by atoms with Crippen molar-refractivity contribution < 1.29 is 19.4 Å². The first-order valence-electron chi connectivity index (χ1n) is 6.01. The molecular formula is C12H21NO4. The molecule has 98 valence electrons. The van der Waals surface area contributed by atoms with Crippen molar-refractivity contribution in [3.8, 4) is 0 Å². The quantitative estimate of drug-likeness (QED) is 0.803. The fourth-order valence-corrected chi connectivity index (χ4v) is 2.16. The Hall–Kier alpha value is -1.10. The highest BCUT2D eigenvalue weighted by Gasteiger charge is 2.28. The summed E-state index contributed by atoms with van der Waals surface area (Å²) in [5.74, 6) is -1.01. The van der Waals surface area contributed by atoms with Gasteiger partial charge < -0.3 is 14.7 Å². The van der Waals surface area contributed by atoms with Crippen LogP contribution in [0.25, 0.3) is 0 Å². The van der Waals surface area contributed by atoms with Gasteiger partial charge in [0.2, 0.25) is 0 Å². The molecule has 0 bridgehead atoms. The molecule has 1 rings (SSSR count). The van der Waals surface area contributed by atoms with E-state index >= 15 is 0 Å². The lowest BCUT2D eigenvalue weighted by Crippen LogP contribution is -2.37. The monoisotopic (exact) mass is 243 g/mol. The largest absolute Gasteiger partial charge is 0.481 e. The molecule has 0 spiro atoms. The molecule has 0 radical (unpaired) electrons. The summed E-state index contributed by atoms with van der Waals surface area (Å²) in [7, 11) is 3.40. The maximum atomic E-state index is 11.6. The van der Waals surface area contributed by atoms with Gasteiger partial charge in [0.1, 0.15) is 6.10 Å². The van der Waals surface area contributed by atoms with Crippen molar-refractivity contribution in [2.75, 3.05) is 14.1 Å². The van der Waals surface area contributed by atoms with Gasteiger partial charge in [-0.2, -0.15) is 0 Å². The van der Waals surface area contributed by atoms with Crippen molar-refractivity contribution in [3.05, 3.63) is 0 Å². The Kier molecular flexibility index (Phi) is 4.93. The molecule has 1 amide bonds. The van der Waals surface area contributed by atoms with Crippen LogP contribution in [0, 0.1) is 5.92 Å². The maximum Gasteiger partial charge on any atom is 0.306 e. The molecular weight excluding hydrogens is 222 g/mol. The molecule has 1 atom stereocenters. The minimum atomic E-state index is -0.721. The normalized spacial score (nSPS) is 26.3. The first kappa shape index (κ1) is 14.0. The van der Waals surface area contributed by atoms with Crippen molar-refractivity contribution in [2.45, 2.75) is 44.8 Å². The molecule has 0 aromatic heterocycles. The summed E-state index contributed by atoms with van der Waals surface area (Å²) in [6.45, 7) is 1.74. The molecule has 17 heavy (non-hydrogen) atoms. The van der Waals surface area contributed by atoms with Gasteiger partial charge in [0, 0.05) is 14.1 Å². The summed E-state index contributed by atoms with van der Waals surface area (Å²) in [6, 6.07) is 0. The fourth-order valence-electron chi connectivity index (χ4n) is 2.16. The van der Waals surface area contributed by atoms with Crippen LogP contribution in [0.5, 0.6) is 0 Å². The van der Waals surface area contributed by atoms with E-state index in [9.17, 15) is 9.59 Å². The lowest BCUT2D eigenvalue weighted by atomic mass is 9.87. The number of carbonyl (C=O) groups is 2. The zero-order chi connectivity index (χ0) is 13.0. The molecule has 0 aromatic carbocycles. The van der Waals surface area contributed by atoms with Crippen molar-refractivity contribution in [1.82, 2.24) is 4.90 Å². The SMILES string of the molecule is CC(OC1CCC(C(=O)O)CC1)C(=O)N(C)C. The summed E-state index contributed by atoms with van der Waals surface area (Å²) >= 11 is 0. The van der Waals surface area contributed by atoms with Crippen molar-refractivity contribution in [1.29, 1.82) is 0 Å². The minimum Gasteiger partial charge on any atom is -0.481 e. The number of carboxylic acid groups (broad SMARTS) is 1. The van der Waals surface area contributed by atoms with Crippen molar-refractivity contribution in [3.63, 3.8) is 0 Å². The summed E-state index contributed by atoms with van der Waals surface area (Å²) in [4.78, 5) is 23.9. The summed E-state index contributed by atoms with van der Waals surface area (Å²) in [5, 5.41) is 8.87. The third-order valence-electron chi connectivity index (χ3n) is 3.21. The van der Waals surface area contributed by atoms with Crippen LogP contribution in [0.15, 0.2) is 0 Å². The number of carbonyl (C=O) groups excluding carboxylic acids is 1. The van der Waals surface area contributed by atoms with Crippen LogP contribution in [0.4, 0.5) is 0 Å². The number of ether oxygens (including phenoxy) is 1. The molecule has 0 aromatic rings. The Morgan fingerprint density at radius 2 is 1.76 bits per heavy atom. The number of aliphatic carboxylic acids is 1. The molecule has 5 nitrogen and oxygen atoms in total. The molecule has 0 aliphatic heterocycles. The van der Waals surface area contributed by atoms with E-state index < -0.39 is 12.1 Å². The smallest absolute Gasteiger partial charge is 0.306 e. The Balaban J connectivity index is 2.35. The van der Waals surface area contributed by atoms with Gasteiger partial charge in [-0.1, -0.05) is 0 Å². The Morgan fingerprint density at radius 3 is 2.18 bits per heavy atom. The third kappa shape index (κ3) is 4.00. The Labute approximate surface area is 102 Å². The van der Waals surface area contributed by atoms with Crippen LogP contribution in [0.3, 0.4) is 0 Å². The van der Waals surface area contributed by atoms with E-state index in [0.29, 0.717) is 12.8 Å². The Bertz CT molecular complexity index is 282. The highest BCUT2D eigenvalue weighted by atomic mass is 16.5. The number of rotatable bonds is 4. The Morgan fingerprint density at radius 1 is 1.24 bits per heavy atom. The zero-order valence-corrected chi connectivity index (χ0v) is 10.7. The van der Waals surface area contributed by atoms with E-state index in [4.69, 9.17) is 9.84 Å². The molecule has 1 N–H and O–H groups in total. The van der Waals surface area contributed by atoms with Gasteiger partial charge in [0.15, 0.2) is 0 Å². The van der Waals surface area contributed by atoms with E-state index in [-0.39, 0.29) is 17.9 Å². The van der Waals surface area contributed by atoms with E-state index in [1.165, 1.54) is 4.90 Å². The lowest BCUT2D eigenvalue weighted by molar-refractivity contribution is -0.149. The number of hydrogen-bond donors (Lipinski definition) is 1. The number of amides is 1. The van der Waals surface area contributed by atoms with Crippen molar-refractivity contribution in [2.24, 2.45) is 5.92 Å². The number of carboxylic acids is 1. The molecule has 1 unspecified atom stereocenters. The average Bonchev–Trinajstić information content (AvgIpc) is 2.28. The van der Waals surface area contributed by atoms with Crippen molar-refractivity contribution >= 4 is 11.9 Å². The predicted molar refractivity (Wildman–Crippen MR) is 62.6 cm³/mol. The van der Waals surface area contributed by atoms with E-state index in [1.54, 1.807) is 21.0 Å². The summed E-state index contributed by atoms with van der Waals surface area (Å²) in [5.41, 5.74) is 0. The summed E-state index contributed by atoms with van der Waals surface area (Å²) in [6.07, 6.45) is 2.30. The predicted octanol–water partition coefficient (Wildman–Crippen LogP) is 1.12. The van der Waals surface area contributed by atoms with Gasteiger partial charge >= 0.3 is 5.97 Å². The van der Waals surface area contributed by atoms with Gasteiger partial charge in [-0.05, 0) is 32.6 Å². The third-order valence-corrected chi connectivity index (χ3v) is 3.21. The minimum absolute atomic E-state index is 0.0181. The number of likely N-dealkylation sites (N-methyl/N-ethyl adjacent to an activating group) is 1. The molecule has 0 saturated heterocycles. The second-order valence-electron chi connectivity index (χ2n) is 4.82. The van der Waals surface area contributed by atoms with Gasteiger partial charge in [-0.25, -0.2) is 0 Å². The van der Waals surface area contributed by atoms with Crippen LogP contribution in [-0.2, 0) is 14.3 Å². The highest BCUT2D eigenvalue weighted by molar-refractivity contribution is 5.79. The fraction of sp³-hybridized carbons (Fsp3) is 0.833. The lowest BCUT2D eigenvalue weighted by Gasteiger charge is -2.29. The van der Waals surface area contributed by atoms with Crippen LogP contribution < -0.4 is 0 Å². The van der Waals surface area contributed by atoms with E-state index in [1.807, 2.05) is 0 Å². The average molecular weight is 243 g/mol. The maximum absolute atomic E-state index is 11.6. The molecule has 1 saturated carbocycles. The molecule has 0 heterocycles. The zero-order valence-electron chi connectivity index (χ0n) is 10.7. The van der Waals surface area contributed by atoms with Gasteiger partial charge in [-0.3, -0.25) is 9.59 Å².